The highest BCUT2D eigenvalue weighted by molar-refractivity contribution is 5.99. The van der Waals surface area contributed by atoms with Gasteiger partial charge in [0.05, 0.1) is 16.2 Å². The van der Waals surface area contributed by atoms with Crippen molar-refractivity contribution < 1.29 is 0 Å². The number of para-hydroxylation sites is 4. The lowest BCUT2D eigenvalue weighted by Crippen LogP contribution is -2.30. The first-order chi connectivity index (χ1) is 44.2. The molecule has 89 heavy (non-hydrogen) atoms. The van der Waals surface area contributed by atoms with Gasteiger partial charge in [-0.1, -0.05) is 267 Å². The minimum absolute atomic E-state index is 0.729. The number of nitrogens with zero attached hydrogens (tertiary/aromatic N) is 2. The predicted octanol–water partition coefficient (Wildman–Crippen LogP) is 21.7. The van der Waals surface area contributed by atoms with E-state index in [1.807, 2.05) is 0 Å². The van der Waals surface area contributed by atoms with Crippen LogP contribution in [0.15, 0.2) is 364 Å². The van der Waals surface area contributed by atoms with Crippen molar-refractivity contribution in [2.24, 2.45) is 0 Å². The molecule has 0 aliphatic heterocycles. The molecule has 17 rings (SSSR count). The molecule has 3 aliphatic rings. The summed E-state index contributed by atoms with van der Waals surface area (Å²) < 4.78 is 0. The Kier molecular flexibility index (Phi) is 12.3. The van der Waals surface area contributed by atoms with E-state index in [2.05, 4.69) is 374 Å². The molecule has 2 nitrogen and oxygen atoms in total. The molecular formula is C87H60N2. The van der Waals surface area contributed by atoms with Crippen LogP contribution in [0.5, 0.6) is 0 Å². The molecule has 0 amide bonds. The Bertz CT molecular complexity index is 4430. The van der Waals surface area contributed by atoms with E-state index < -0.39 is 16.2 Å². The number of hydrogen-bond acceptors (Lipinski definition) is 2. The van der Waals surface area contributed by atoms with Crippen molar-refractivity contribution in [1.29, 1.82) is 0 Å². The van der Waals surface area contributed by atoms with Crippen molar-refractivity contribution in [3.05, 3.63) is 431 Å². The number of rotatable bonds is 12. The standard InChI is InChI=1S/C87H60N2/c1-11-31-61(32-12-1)85(62-33-13-2-14-34-62)79-55-71(88(67-43-23-7-24-44-67)68-45-25-8-26-46-68)51-53-73(79)75-57-83-77(59-81(75)85)78-60-82-76(58-84(78)87(83,65-39-19-5-20-40-65)66-41-21-6-22-42-66)74-54-52-72(89(69-47-27-9-28-48-69)70-49-29-10-30-50-70)56-80(74)86(82,63-35-15-3-16-36-63)64-37-17-4-18-38-64/h1-60H. The first-order valence-electron chi connectivity index (χ1n) is 31.0. The minimum Gasteiger partial charge on any atom is -0.310 e. The molecule has 0 bridgehead atoms. The van der Waals surface area contributed by atoms with Crippen LogP contribution in [0.4, 0.5) is 34.1 Å². The summed E-state index contributed by atoms with van der Waals surface area (Å²) in [5.74, 6) is 0. The van der Waals surface area contributed by atoms with Gasteiger partial charge in [-0.05, 0) is 197 Å². The number of hydrogen-bond donors (Lipinski definition) is 0. The molecule has 14 aromatic rings. The summed E-state index contributed by atoms with van der Waals surface area (Å²) in [4.78, 5) is 4.81. The summed E-state index contributed by atoms with van der Waals surface area (Å²) in [7, 11) is 0. The zero-order chi connectivity index (χ0) is 58.9. The Balaban J connectivity index is 0.995. The summed E-state index contributed by atoms with van der Waals surface area (Å²) in [6.07, 6.45) is 0. The molecule has 0 saturated heterocycles. The van der Waals surface area contributed by atoms with Crippen molar-refractivity contribution in [2.75, 3.05) is 9.80 Å². The SMILES string of the molecule is c1ccc(N(c2ccccc2)c2ccc3c(c2)C(c2ccccc2)(c2ccccc2)c2cc4c(cc2-3)C(c2ccccc2)(c2ccccc2)c2cc3c(cc2-4)C(c2ccccc2)(c2ccccc2)c2cc(N(c4ccccc4)c4ccccc4)ccc2-3)cc1. The van der Waals surface area contributed by atoms with E-state index in [0.29, 0.717) is 0 Å². The highest BCUT2D eigenvalue weighted by Gasteiger charge is 2.54. The molecule has 418 valence electrons. The lowest BCUT2D eigenvalue weighted by Gasteiger charge is -2.36. The number of anilines is 6. The summed E-state index contributed by atoms with van der Waals surface area (Å²) in [6.45, 7) is 0. The van der Waals surface area contributed by atoms with Gasteiger partial charge < -0.3 is 9.80 Å². The zero-order valence-corrected chi connectivity index (χ0v) is 49.0. The third-order valence-corrected chi connectivity index (χ3v) is 19.4. The second-order valence-corrected chi connectivity index (χ2v) is 23.8. The minimum atomic E-state index is -0.734. The molecule has 0 aromatic heterocycles. The summed E-state index contributed by atoms with van der Waals surface area (Å²) in [5, 5.41) is 0. The van der Waals surface area contributed by atoms with Crippen molar-refractivity contribution in [1.82, 2.24) is 0 Å². The Morgan fingerprint density at radius 3 is 0.539 bits per heavy atom. The van der Waals surface area contributed by atoms with E-state index in [9.17, 15) is 0 Å². The van der Waals surface area contributed by atoms with Crippen LogP contribution in [0, 0.1) is 0 Å². The fraction of sp³-hybridized carbons (Fsp3) is 0.0345. The predicted molar refractivity (Wildman–Crippen MR) is 368 cm³/mol. The average Bonchev–Trinajstić information content (AvgIpc) is 1.51. The van der Waals surface area contributed by atoms with Gasteiger partial charge in [-0.25, -0.2) is 0 Å². The lowest BCUT2D eigenvalue weighted by atomic mass is 9.65. The van der Waals surface area contributed by atoms with Crippen LogP contribution in [0.1, 0.15) is 66.8 Å². The van der Waals surface area contributed by atoms with Gasteiger partial charge in [-0.15, -0.1) is 0 Å². The zero-order valence-electron chi connectivity index (χ0n) is 49.0. The number of fused-ring (bicyclic) bond motifs is 9. The van der Waals surface area contributed by atoms with Crippen LogP contribution < -0.4 is 9.80 Å². The van der Waals surface area contributed by atoms with Crippen molar-refractivity contribution in [3.63, 3.8) is 0 Å². The maximum atomic E-state index is 2.64. The van der Waals surface area contributed by atoms with Gasteiger partial charge >= 0.3 is 0 Å². The normalized spacial score (nSPS) is 13.9. The Labute approximate surface area is 521 Å². The van der Waals surface area contributed by atoms with E-state index in [-0.39, 0.29) is 0 Å². The molecule has 0 atom stereocenters. The van der Waals surface area contributed by atoms with Gasteiger partial charge in [0.1, 0.15) is 0 Å². The van der Waals surface area contributed by atoms with Crippen LogP contribution in [0.25, 0.3) is 33.4 Å². The van der Waals surface area contributed by atoms with Gasteiger partial charge in [0, 0.05) is 34.1 Å². The fourth-order valence-electron chi connectivity index (χ4n) is 15.9. The molecule has 0 radical (unpaired) electrons. The van der Waals surface area contributed by atoms with Gasteiger partial charge in [0.25, 0.3) is 0 Å². The third-order valence-electron chi connectivity index (χ3n) is 19.4. The van der Waals surface area contributed by atoms with Crippen LogP contribution in [-0.2, 0) is 16.2 Å². The van der Waals surface area contributed by atoms with Crippen LogP contribution in [0.2, 0.25) is 0 Å². The van der Waals surface area contributed by atoms with E-state index in [1.54, 1.807) is 0 Å². The van der Waals surface area contributed by atoms with Gasteiger partial charge in [0.2, 0.25) is 0 Å². The molecule has 0 saturated carbocycles. The Morgan fingerprint density at radius 2 is 0.326 bits per heavy atom. The first-order valence-corrected chi connectivity index (χ1v) is 31.0. The van der Waals surface area contributed by atoms with Gasteiger partial charge in [-0.2, -0.15) is 0 Å². The van der Waals surface area contributed by atoms with Gasteiger partial charge in [-0.3, -0.25) is 0 Å². The second-order valence-electron chi connectivity index (χ2n) is 23.8. The Hall–Kier alpha value is -11.3. The van der Waals surface area contributed by atoms with Crippen LogP contribution in [0.3, 0.4) is 0 Å². The maximum absolute atomic E-state index is 2.64. The molecule has 0 fully saturated rings. The second kappa shape index (κ2) is 21.0. The highest BCUT2D eigenvalue weighted by Crippen LogP contribution is 2.66. The van der Waals surface area contributed by atoms with Crippen LogP contribution >= 0.6 is 0 Å². The van der Waals surface area contributed by atoms with Crippen molar-refractivity contribution >= 4 is 34.1 Å². The molecule has 0 unspecified atom stereocenters. The van der Waals surface area contributed by atoms with Crippen LogP contribution in [-0.4, -0.2) is 0 Å². The summed E-state index contributed by atoms with van der Waals surface area (Å²) >= 11 is 0. The van der Waals surface area contributed by atoms with Crippen molar-refractivity contribution in [3.8, 4) is 33.4 Å². The molecule has 14 aromatic carbocycles. The molecule has 0 spiro atoms. The Morgan fingerprint density at radius 1 is 0.146 bits per heavy atom. The van der Waals surface area contributed by atoms with E-state index in [4.69, 9.17) is 0 Å². The molecule has 3 aliphatic carbocycles. The van der Waals surface area contributed by atoms with Crippen molar-refractivity contribution in [2.45, 2.75) is 16.2 Å². The smallest absolute Gasteiger partial charge is 0.0714 e. The average molecular weight is 1130 g/mol. The molecule has 0 N–H and O–H groups in total. The lowest BCUT2D eigenvalue weighted by molar-refractivity contribution is 0.755. The van der Waals surface area contributed by atoms with E-state index in [1.165, 1.54) is 100 Å². The molecular weight excluding hydrogens is 1070 g/mol. The molecule has 2 heteroatoms. The highest BCUT2D eigenvalue weighted by atomic mass is 15.1. The monoisotopic (exact) mass is 1130 g/mol. The maximum Gasteiger partial charge on any atom is 0.0714 e. The third kappa shape index (κ3) is 7.76. The van der Waals surface area contributed by atoms with E-state index >= 15 is 0 Å². The van der Waals surface area contributed by atoms with E-state index in [0.717, 1.165) is 34.1 Å². The first kappa shape index (κ1) is 52.0. The largest absolute Gasteiger partial charge is 0.310 e. The number of benzene rings is 14. The summed E-state index contributed by atoms with van der Waals surface area (Å²) in [5.41, 5.74) is 26.7. The fourth-order valence-corrected chi connectivity index (χ4v) is 15.9. The molecule has 0 heterocycles. The quantitative estimate of drug-likeness (QED) is 0.120. The van der Waals surface area contributed by atoms with Gasteiger partial charge in [0.15, 0.2) is 0 Å². The topological polar surface area (TPSA) is 6.48 Å². The summed E-state index contributed by atoms with van der Waals surface area (Å²) in [6, 6.07) is 136.